The van der Waals surface area contributed by atoms with Gasteiger partial charge in [0, 0.05) is 11.1 Å². The number of benzene rings is 1. The molecule has 0 bridgehead atoms. The van der Waals surface area contributed by atoms with E-state index in [1.807, 2.05) is 11.7 Å². The largest absolute Gasteiger partial charge is 0.253 e. The Hall–Kier alpha value is -0.860. The Labute approximate surface area is 110 Å². The molecule has 1 heterocycles. The number of aryl methyl sites for hydroxylation is 1. The van der Waals surface area contributed by atoms with Crippen LogP contribution in [0.1, 0.15) is 27.8 Å². The highest BCUT2D eigenvalue weighted by molar-refractivity contribution is 7.09. The van der Waals surface area contributed by atoms with Crippen molar-refractivity contribution in [2.75, 3.05) is 0 Å². The maximum Gasteiger partial charge on any atom is 0.0794 e. The van der Waals surface area contributed by atoms with E-state index in [9.17, 15) is 0 Å². The SMILES string of the molecule is ClC1c2ccccc2CCC1Cc1cncs1. The Bertz CT molecular complexity index is 495. The van der Waals surface area contributed by atoms with Crippen LogP contribution in [-0.4, -0.2) is 4.98 Å². The van der Waals surface area contributed by atoms with Crippen molar-refractivity contribution in [3.8, 4) is 0 Å². The van der Waals surface area contributed by atoms with Gasteiger partial charge in [0.25, 0.3) is 0 Å². The van der Waals surface area contributed by atoms with Crippen molar-refractivity contribution < 1.29 is 0 Å². The highest BCUT2D eigenvalue weighted by atomic mass is 35.5. The van der Waals surface area contributed by atoms with Gasteiger partial charge in [-0.25, -0.2) is 0 Å². The minimum Gasteiger partial charge on any atom is -0.253 e. The summed E-state index contributed by atoms with van der Waals surface area (Å²) in [7, 11) is 0. The van der Waals surface area contributed by atoms with Gasteiger partial charge in [-0.2, -0.15) is 0 Å². The fraction of sp³-hybridized carbons (Fsp3) is 0.357. The molecule has 0 N–H and O–H groups in total. The van der Waals surface area contributed by atoms with Crippen LogP contribution in [0.3, 0.4) is 0 Å². The molecule has 1 aromatic heterocycles. The van der Waals surface area contributed by atoms with Gasteiger partial charge >= 0.3 is 0 Å². The van der Waals surface area contributed by atoms with Crippen LogP contribution >= 0.6 is 22.9 Å². The molecule has 1 aliphatic carbocycles. The first-order chi connectivity index (χ1) is 8.34. The van der Waals surface area contributed by atoms with E-state index in [4.69, 9.17) is 11.6 Å². The van der Waals surface area contributed by atoms with Gasteiger partial charge in [0.05, 0.1) is 10.9 Å². The lowest BCUT2D eigenvalue weighted by Crippen LogP contribution is -2.18. The van der Waals surface area contributed by atoms with E-state index < -0.39 is 0 Å². The summed E-state index contributed by atoms with van der Waals surface area (Å²) >= 11 is 8.34. The minimum absolute atomic E-state index is 0.155. The van der Waals surface area contributed by atoms with Gasteiger partial charge in [0.15, 0.2) is 0 Å². The molecule has 3 rings (SSSR count). The highest BCUT2D eigenvalue weighted by Crippen LogP contribution is 2.40. The molecule has 0 aliphatic heterocycles. The van der Waals surface area contributed by atoms with Gasteiger partial charge in [-0.3, -0.25) is 4.98 Å². The van der Waals surface area contributed by atoms with Gasteiger partial charge in [-0.1, -0.05) is 24.3 Å². The van der Waals surface area contributed by atoms with E-state index in [0.717, 1.165) is 12.8 Å². The molecule has 88 valence electrons. The summed E-state index contributed by atoms with van der Waals surface area (Å²) in [4.78, 5) is 5.48. The highest BCUT2D eigenvalue weighted by Gasteiger charge is 2.27. The van der Waals surface area contributed by atoms with Crippen LogP contribution in [0.5, 0.6) is 0 Å². The van der Waals surface area contributed by atoms with Gasteiger partial charge in [-0.15, -0.1) is 22.9 Å². The lowest BCUT2D eigenvalue weighted by Gasteiger charge is -2.29. The van der Waals surface area contributed by atoms with Crippen molar-refractivity contribution in [3.63, 3.8) is 0 Å². The molecule has 1 aliphatic rings. The van der Waals surface area contributed by atoms with E-state index in [1.54, 1.807) is 11.3 Å². The monoisotopic (exact) mass is 263 g/mol. The number of rotatable bonds is 2. The average molecular weight is 264 g/mol. The zero-order valence-electron chi connectivity index (χ0n) is 9.47. The molecule has 1 nitrogen and oxygen atoms in total. The molecule has 0 fully saturated rings. The van der Waals surface area contributed by atoms with Crippen molar-refractivity contribution in [1.29, 1.82) is 0 Å². The smallest absolute Gasteiger partial charge is 0.0794 e. The van der Waals surface area contributed by atoms with Crippen LogP contribution in [0.4, 0.5) is 0 Å². The van der Waals surface area contributed by atoms with Crippen LogP contribution in [0.2, 0.25) is 0 Å². The fourth-order valence-electron chi connectivity index (χ4n) is 2.58. The number of hydrogen-bond donors (Lipinski definition) is 0. The third kappa shape index (κ3) is 2.24. The van der Waals surface area contributed by atoms with Gasteiger partial charge in [0.2, 0.25) is 0 Å². The molecule has 1 aromatic carbocycles. The molecular weight excluding hydrogens is 250 g/mol. The molecule has 0 saturated carbocycles. The molecule has 17 heavy (non-hydrogen) atoms. The predicted octanol–water partition coefficient (Wildman–Crippen LogP) is 4.23. The molecule has 0 amide bonds. The second kappa shape index (κ2) is 4.79. The molecule has 2 atom stereocenters. The Morgan fingerprint density at radius 2 is 2.24 bits per heavy atom. The number of thiazole rings is 1. The standard InChI is InChI=1S/C14H14ClNS/c15-14-11(7-12-8-16-9-17-12)6-5-10-3-1-2-4-13(10)14/h1-4,8-9,11,14H,5-7H2. The van der Waals surface area contributed by atoms with Crippen LogP contribution in [0.15, 0.2) is 36.0 Å². The maximum atomic E-state index is 6.61. The van der Waals surface area contributed by atoms with Crippen molar-refractivity contribution in [2.24, 2.45) is 5.92 Å². The number of fused-ring (bicyclic) bond motifs is 1. The predicted molar refractivity (Wildman–Crippen MR) is 72.7 cm³/mol. The fourth-order valence-corrected chi connectivity index (χ4v) is 3.70. The van der Waals surface area contributed by atoms with E-state index in [1.165, 1.54) is 22.4 Å². The lowest BCUT2D eigenvalue weighted by molar-refractivity contribution is 0.444. The molecule has 0 spiro atoms. The number of alkyl halides is 1. The average Bonchev–Trinajstić information content (AvgIpc) is 2.86. The quantitative estimate of drug-likeness (QED) is 0.739. The van der Waals surface area contributed by atoms with E-state index in [-0.39, 0.29) is 5.38 Å². The topological polar surface area (TPSA) is 12.9 Å². The number of halogens is 1. The van der Waals surface area contributed by atoms with Crippen molar-refractivity contribution >= 4 is 22.9 Å². The molecular formula is C14H14ClNS. The summed E-state index contributed by atoms with van der Waals surface area (Å²) in [5.74, 6) is 0.548. The zero-order chi connectivity index (χ0) is 11.7. The Kier molecular flexibility index (Phi) is 3.17. The lowest BCUT2D eigenvalue weighted by atomic mass is 9.81. The van der Waals surface area contributed by atoms with Crippen LogP contribution in [-0.2, 0) is 12.8 Å². The molecule has 3 heteroatoms. The zero-order valence-corrected chi connectivity index (χ0v) is 11.0. The van der Waals surface area contributed by atoms with Crippen LogP contribution in [0.25, 0.3) is 0 Å². The summed E-state index contributed by atoms with van der Waals surface area (Å²) in [5.41, 5.74) is 4.65. The normalized spacial score (nSPS) is 23.4. The van der Waals surface area contributed by atoms with Crippen molar-refractivity contribution in [2.45, 2.75) is 24.6 Å². The Morgan fingerprint density at radius 1 is 1.35 bits per heavy atom. The molecule has 2 unspecified atom stereocenters. The Balaban J connectivity index is 1.82. The summed E-state index contributed by atoms with van der Waals surface area (Å²) in [5, 5.41) is 0.155. The van der Waals surface area contributed by atoms with Crippen LogP contribution in [0, 0.1) is 5.92 Å². The third-order valence-corrected chi connectivity index (χ3v) is 4.89. The van der Waals surface area contributed by atoms with E-state index in [0.29, 0.717) is 5.92 Å². The first-order valence-electron chi connectivity index (χ1n) is 5.94. The minimum atomic E-state index is 0.155. The second-order valence-corrected chi connectivity index (χ2v) is 6.01. The second-order valence-electron chi connectivity index (χ2n) is 4.57. The third-order valence-electron chi connectivity index (χ3n) is 3.50. The van der Waals surface area contributed by atoms with Crippen molar-refractivity contribution in [3.05, 3.63) is 52.0 Å². The molecule has 2 aromatic rings. The van der Waals surface area contributed by atoms with Gasteiger partial charge in [-0.05, 0) is 36.3 Å². The van der Waals surface area contributed by atoms with E-state index >= 15 is 0 Å². The van der Waals surface area contributed by atoms with Gasteiger partial charge < -0.3 is 0 Å². The number of hydrogen-bond acceptors (Lipinski definition) is 2. The van der Waals surface area contributed by atoms with E-state index in [2.05, 4.69) is 29.2 Å². The summed E-state index contributed by atoms with van der Waals surface area (Å²) in [6.07, 6.45) is 5.37. The number of nitrogens with zero attached hydrogens (tertiary/aromatic N) is 1. The first-order valence-corrected chi connectivity index (χ1v) is 7.25. The first kappa shape index (κ1) is 11.2. The molecule has 0 saturated heterocycles. The van der Waals surface area contributed by atoms with Crippen molar-refractivity contribution in [1.82, 2.24) is 4.98 Å². The molecule has 0 radical (unpaired) electrons. The summed E-state index contributed by atoms with van der Waals surface area (Å²) < 4.78 is 0. The summed E-state index contributed by atoms with van der Waals surface area (Å²) in [6.45, 7) is 0. The Morgan fingerprint density at radius 3 is 3.06 bits per heavy atom. The summed E-state index contributed by atoms with van der Waals surface area (Å²) in [6, 6.07) is 8.56. The van der Waals surface area contributed by atoms with Crippen LogP contribution < -0.4 is 0 Å². The number of aromatic nitrogens is 1. The van der Waals surface area contributed by atoms with Gasteiger partial charge in [0.1, 0.15) is 0 Å². The maximum absolute atomic E-state index is 6.61.